The number of benzene rings is 3. The van der Waals surface area contributed by atoms with Crippen molar-refractivity contribution in [2.75, 3.05) is 13.2 Å². The molecule has 1 aromatic heterocycles. The van der Waals surface area contributed by atoms with Crippen molar-refractivity contribution in [3.05, 3.63) is 107 Å². The van der Waals surface area contributed by atoms with E-state index in [4.69, 9.17) is 4.74 Å². The molecule has 1 aliphatic heterocycles. The number of hydrogen-bond acceptors (Lipinski definition) is 4. The number of aromatic nitrogens is 1. The minimum Gasteiger partial charge on any atom is -0.390 e. The van der Waals surface area contributed by atoms with Crippen LogP contribution >= 0.6 is 0 Å². The standard InChI is InChI=1S/C34H35F2N3O3/c35-25-13-21(14-26(36)18-25)15-31-32(40)20-38-30-19-33(42-12-4-2-1-3-5-34(41)39-31)27-8-6-23(17-28(27)30)22-7-9-29-24(16-22)10-11-37-29/h2,4,6-11,13-14,16-18,30-33,37-38,40H,1,3,5,12,15,19-20H2,(H,39,41)/t30-,31-,32+,33+/m0/s1. The molecule has 0 saturated heterocycles. The Kier molecular flexibility index (Phi) is 8.46. The summed E-state index contributed by atoms with van der Waals surface area (Å²) in [5.41, 5.74) is 5.89. The Bertz CT molecular complexity index is 1580. The molecule has 0 radical (unpaired) electrons. The molecule has 0 spiro atoms. The summed E-state index contributed by atoms with van der Waals surface area (Å²) in [5, 5.41) is 18.8. The Hall–Kier alpha value is -3.85. The largest absolute Gasteiger partial charge is 0.390 e. The molecule has 218 valence electrons. The second-order valence-electron chi connectivity index (χ2n) is 11.2. The molecule has 1 aliphatic carbocycles. The van der Waals surface area contributed by atoms with Gasteiger partial charge in [0.25, 0.3) is 0 Å². The number of carbonyl (C=O) groups is 1. The number of rotatable bonds is 3. The molecule has 4 aromatic rings. The summed E-state index contributed by atoms with van der Waals surface area (Å²) in [4.78, 5) is 16.0. The summed E-state index contributed by atoms with van der Waals surface area (Å²) < 4.78 is 34.1. The van der Waals surface area contributed by atoms with Crippen LogP contribution in [0.5, 0.6) is 0 Å². The molecule has 0 unspecified atom stereocenters. The third-order valence-electron chi connectivity index (χ3n) is 8.24. The van der Waals surface area contributed by atoms with Gasteiger partial charge in [0.2, 0.25) is 5.91 Å². The van der Waals surface area contributed by atoms with Gasteiger partial charge in [0, 0.05) is 36.8 Å². The molecule has 2 bridgehead atoms. The number of β-amino-alcohol motifs (C(OH)–C–C–N with tert-alkyl or cyclic N) is 1. The van der Waals surface area contributed by atoms with Crippen molar-refractivity contribution < 1.29 is 23.4 Å². The van der Waals surface area contributed by atoms with Gasteiger partial charge in [0.1, 0.15) is 11.6 Å². The van der Waals surface area contributed by atoms with E-state index in [1.54, 1.807) is 0 Å². The number of aliphatic hydroxyl groups is 1. The molecule has 0 fully saturated rings. The predicted molar refractivity (Wildman–Crippen MR) is 159 cm³/mol. The number of amides is 1. The van der Waals surface area contributed by atoms with E-state index in [-0.39, 0.29) is 37.4 Å². The van der Waals surface area contributed by atoms with Crippen LogP contribution in [0, 0.1) is 11.6 Å². The zero-order valence-electron chi connectivity index (χ0n) is 23.3. The van der Waals surface area contributed by atoms with Crippen molar-refractivity contribution >= 4 is 16.8 Å². The van der Waals surface area contributed by atoms with E-state index in [2.05, 4.69) is 58.1 Å². The number of aliphatic hydroxyl groups excluding tert-OH is 1. The molecule has 6 nitrogen and oxygen atoms in total. The van der Waals surface area contributed by atoms with Gasteiger partial charge in [0.15, 0.2) is 0 Å². The zero-order valence-corrected chi connectivity index (χ0v) is 23.3. The van der Waals surface area contributed by atoms with Gasteiger partial charge in [-0.1, -0.05) is 30.4 Å². The number of ether oxygens (including phenoxy) is 1. The third kappa shape index (κ3) is 6.46. The van der Waals surface area contributed by atoms with Crippen LogP contribution < -0.4 is 10.6 Å². The van der Waals surface area contributed by atoms with E-state index >= 15 is 0 Å². The quantitative estimate of drug-likeness (QED) is 0.226. The molecule has 6 rings (SSSR count). The van der Waals surface area contributed by atoms with Crippen molar-refractivity contribution in [1.82, 2.24) is 15.6 Å². The fourth-order valence-electron chi connectivity index (χ4n) is 6.09. The number of aromatic amines is 1. The summed E-state index contributed by atoms with van der Waals surface area (Å²) in [6.07, 6.45) is 7.30. The van der Waals surface area contributed by atoms with Crippen molar-refractivity contribution in [2.45, 2.75) is 56.4 Å². The summed E-state index contributed by atoms with van der Waals surface area (Å²) in [6, 6.07) is 17.3. The molecule has 1 amide bonds. The summed E-state index contributed by atoms with van der Waals surface area (Å²) in [5.74, 6) is -1.59. The topological polar surface area (TPSA) is 86.4 Å². The van der Waals surface area contributed by atoms with Crippen molar-refractivity contribution in [2.24, 2.45) is 0 Å². The minimum absolute atomic E-state index is 0.0876. The van der Waals surface area contributed by atoms with E-state index in [9.17, 15) is 18.7 Å². The lowest BCUT2D eigenvalue weighted by Gasteiger charge is -2.26. The highest BCUT2D eigenvalue weighted by Crippen LogP contribution is 2.43. The van der Waals surface area contributed by atoms with Crippen molar-refractivity contribution in [3.63, 3.8) is 0 Å². The number of allylic oxidation sites excluding steroid dienone is 1. The number of halogens is 2. The van der Waals surface area contributed by atoms with Gasteiger partial charge in [-0.25, -0.2) is 8.78 Å². The first-order valence-electron chi connectivity index (χ1n) is 14.6. The first-order valence-corrected chi connectivity index (χ1v) is 14.6. The average Bonchev–Trinajstić information content (AvgIpc) is 3.58. The molecule has 2 heterocycles. The maximum Gasteiger partial charge on any atom is 0.220 e. The van der Waals surface area contributed by atoms with Crippen LogP contribution in [0.25, 0.3) is 22.0 Å². The van der Waals surface area contributed by atoms with Crippen molar-refractivity contribution in [3.8, 4) is 11.1 Å². The van der Waals surface area contributed by atoms with Gasteiger partial charge in [0.05, 0.1) is 24.9 Å². The average molecular weight is 572 g/mol. The fraction of sp³-hybridized carbons (Fsp3) is 0.324. The molecule has 42 heavy (non-hydrogen) atoms. The van der Waals surface area contributed by atoms with Gasteiger partial charge in [-0.15, -0.1) is 0 Å². The maximum atomic E-state index is 13.9. The van der Waals surface area contributed by atoms with Crippen LogP contribution in [0.3, 0.4) is 0 Å². The monoisotopic (exact) mass is 571 g/mol. The van der Waals surface area contributed by atoms with Crippen LogP contribution in [0.1, 0.15) is 54.5 Å². The number of H-pyrrole nitrogens is 1. The van der Waals surface area contributed by atoms with E-state index in [0.29, 0.717) is 25.0 Å². The number of nitrogens with one attached hydrogen (secondary N) is 3. The molecule has 3 aromatic carbocycles. The zero-order chi connectivity index (χ0) is 29.1. The van der Waals surface area contributed by atoms with Gasteiger partial charge >= 0.3 is 0 Å². The second-order valence-corrected chi connectivity index (χ2v) is 11.2. The maximum absolute atomic E-state index is 13.9. The molecular formula is C34H35F2N3O3. The van der Waals surface area contributed by atoms with E-state index in [0.717, 1.165) is 45.6 Å². The number of hydrogen-bond donors (Lipinski definition) is 4. The van der Waals surface area contributed by atoms with E-state index in [1.807, 2.05) is 18.3 Å². The van der Waals surface area contributed by atoms with Crippen LogP contribution in [0.15, 0.2) is 79.0 Å². The first kappa shape index (κ1) is 28.3. The van der Waals surface area contributed by atoms with Gasteiger partial charge in [-0.2, -0.15) is 0 Å². The lowest BCUT2D eigenvalue weighted by atomic mass is 9.97. The Morgan fingerprint density at radius 3 is 2.60 bits per heavy atom. The van der Waals surface area contributed by atoms with Crippen molar-refractivity contribution in [1.29, 1.82) is 0 Å². The smallest absolute Gasteiger partial charge is 0.220 e. The highest BCUT2D eigenvalue weighted by molar-refractivity contribution is 5.85. The molecule has 8 heteroatoms. The van der Waals surface area contributed by atoms with Crippen LogP contribution in [0.2, 0.25) is 0 Å². The van der Waals surface area contributed by atoms with Gasteiger partial charge in [-0.3, -0.25) is 4.79 Å². The molecule has 4 N–H and O–H groups in total. The van der Waals surface area contributed by atoms with Crippen LogP contribution in [-0.4, -0.2) is 41.3 Å². The summed E-state index contributed by atoms with van der Waals surface area (Å²) in [6.45, 7) is 0.656. The van der Waals surface area contributed by atoms with E-state index in [1.165, 1.54) is 12.1 Å². The molecular weight excluding hydrogens is 536 g/mol. The van der Waals surface area contributed by atoms with Gasteiger partial charge < -0.3 is 25.5 Å². The Labute approximate surface area is 243 Å². The fourth-order valence-corrected chi connectivity index (χ4v) is 6.09. The summed E-state index contributed by atoms with van der Waals surface area (Å²) >= 11 is 0. The second kappa shape index (κ2) is 12.6. The normalized spacial score (nSPS) is 23.5. The molecule has 0 saturated carbocycles. The first-order chi connectivity index (χ1) is 20.4. The van der Waals surface area contributed by atoms with Crippen LogP contribution in [-0.2, 0) is 16.0 Å². The van der Waals surface area contributed by atoms with Gasteiger partial charge in [-0.05, 0) is 95.3 Å². The highest BCUT2D eigenvalue weighted by atomic mass is 19.1. The molecule has 4 atom stereocenters. The van der Waals surface area contributed by atoms with E-state index < -0.39 is 23.8 Å². The highest BCUT2D eigenvalue weighted by Gasteiger charge is 2.33. The third-order valence-corrected chi connectivity index (χ3v) is 8.24. The lowest BCUT2D eigenvalue weighted by molar-refractivity contribution is -0.122. The Balaban J connectivity index is 1.27. The summed E-state index contributed by atoms with van der Waals surface area (Å²) in [7, 11) is 0. The SMILES string of the molecule is O=C1CCCC=CCO[C@@H]2C[C@H](NC[C@@H](O)[C@H](Cc3cc(F)cc(F)c3)N1)c1cc(-c3ccc4[nH]ccc4c3)ccc12. The number of carbonyl (C=O) groups excluding carboxylic acids is 1. The van der Waals surface area contributed by atoms with Crippen LogP contribution in [0.4, 0.5) is 8.78 Å². The Morgan fingerprint density at radius 1 is 0.929 bits per heavy atom. The Morgan fingerprint density at radius 2 is 1.74 bits per heavy atom. The minimum atomic E-state index is -0.990. The number of fused-ring (bicyclic) bond motifs is 6. The molecule has 2 aliphatic rings. The lowest BCUT2D eigenvalue weighted by Crippen LogP contribution is -2.49. The predicted octanol–water partition coefficient (Wildman–Crippen LogP) is 6.03.